The van der Waals surface area contributed by atoms with Gasteiger partial charge in [-0.05, 0) is 19.3 Å². The monoisotopic (exact) mass is 153 g/mol. The SMILES string of the molecule is C1=CCC2(CCOCC2)NC1. The van der Waals surface area contributed by atoms with Gasteiger partial charge in [0.15, 0.2) is 0 Å². The molecule has 1 N–H and O–H groups in total. The molecule has 0 aromatic heterocycles. The summed E-state index contributed by atoms with van der Waals surface area (Å²) in [7, 11) is 0. The molecule has 0 aliphatic carbocycles. The summed E-state index contributed by atoms with van der Waals surface area (Å²) in [6.45, 7) is 2.90. The van der Waals surface area contributed by atoms with Gasteiger partial charge in [0.2, 0.25) is 0 Å². The molecular weight excluding hydrogens is 138 g/mol. The van der Waals surface area contributed by atoms with Crippen LogP contribution >= 0.6 is 0 Å². The van der Waals surface area contributed by atoms with E-state index in [0.29, 0.717) is 5.54 Å². The normalized spacial score (nSPS) is 29.1. The van der Waals surface area contributed by atoms with Gasteiger partial charge in [0.1, 0.15) is 0 Å². The fourth-order valence-corrected chi connectivity index (χ4v) is 1.88. The molecule has 2 aliphatic heterocycles. The zero-order valence-corrected chi connectivity index (χ0v) is 6.81. The van der Waals surface area contributed by atoms with E-state index in [0.717, 1.165) is 19.8 Å². The first-order valence-electron chi connectivity index (χ1n) is 4.39. The van der Waals surface area contributed by atoms with Crippen molar-refractivity contribution in [2.45, 2.75) is 24.8 Å². The van der Waals surface area contributed by atoms with Crippen LogP contribution in [0.1, 0.15) is 19.3 Å². The predicted octanol–water partition coefficient (Wildman–Crippen LogP) is 1.09. The van der Waals surface area contributed by atoms with E-state index in [1.54, 1.807) is 0 Å². The van der Waals surface area contributed by atoms with Gasteiger partial charge in [-0.2, -0.15) is 0 Å². The minimum Gasteiger partial charge on any atom is -0.381 e. The van der Waals surface area contributed by atoms with Crippen molar-refractivity contribution in [3.8, 4) is 0 Å². The number of ether oxygens (including phenoxy) is 1. The highest BCUT2D eigenvalue weighted by atomic mass is 16.5. The van der Waals surface area contributed by atoms with Crippen LogP contribution in [0.5, 0.6) is 0 Å². The number of nitrogens with one attached hydrogen (secondary N) is 1. The molecule has 1 fully saturated rings. The second kappa shape index (κ2) is 2.95. The Balaban J connectivity index is 2.01. The molecule has 2 heteroatoms. The first-order valence-corrected chi connectivity index (χ1v) is 4.39. The van der Waals surface area contributed by atoms with E-state index in [1.165, 1.54) is 19.3 Å². The fraction of sp³-hybridized carbons (Fsp3) is 0.778. The van der Waals surface area contributed by atoms with Crippen molar-refractivity contribution in [1.29, 1.82) is 0 Å². The van der Waals surface area contributed by atoms with Crippen LogP contribution in [0, 0.1) is 0 Å². The van der Waals surface area contributed by atoms with Gasteiger partial charge in [-0.3, -0.25) is 0 Å². The Hall–Kier alpha value is -0.340. The minimum atomic E-state index is 0.396. The summed E-state index contributed by atoms with van der Waals surface area (Å²) in [5.74, 6) is 0. The van der Waals surface area contributed by atoms with E-state index in [2.05, 4.69) is 17.5 Å². The first-order chi connectivity index (χ1) is 5.41. The van der Waals surface area contributed by atoms with Crippen LogP contribution in [-0.4, -0.2) is 25.3 Å². The van der Waals surface area contributed by atoms with Crippen LogP contribution in [0.15, 0.2) is 12.2 Å². The van der Waals surface area contributed by atoms with Crippen LogP contribution in [0.3, 0.4) is 0 Å². The number of rotatable bonds is 0. The molecule has 2 aliphatic rings. The lowest BCUT2D eigenvalue weighted by Crippen LogP contribution is -2.50. The summed E-state index contributed by atoms with van der Waals surface area (Å²) in [6.07, 6.45) is 8.05. The molecule has 0 radical (unpaired) electrons. The average Bonchev–Trinajstić information content (AvgIpc) is 2.07. The molecule has 0 unspecified atom stereocenters. The van der Waals surface area contributed by atoms with Crippen LogP contribution in [-0.2, 0) is 4.74 Å². The van der Waals surface area contributed by atoms with Gasteiger partial charge in [-0.1, -0.05) is 12.2 Å². The third-order valence-corrected chi connectivity index (χ3v) is 2.72. The van der Waals surface area contributed by atoms with Gasteiger partial charge in [-0.25, -0.2) is 0 Å². The first kappa shape index (κ1) is 7.32. The lowest BCUT2D eigenvalue weighted by Gasteiger charge is -2.39. The van der Waals surface area contributed by atoms with Gasteiger partial charge in [0, 0.05) is 25.3 Å². The summed E-state index contributed by atoms with van der Waals surface area (Å²) in [5.41, 5.74) is 0.396. The van der Waals surface area contributed by atoms with Gasteiger partial charge in [0.25, 0.3) is 0 Å². The third kappa shape index (κ3) is 1.47. The molecule has 0 aromatic carbocycles. The Labute approximate surface area is 67.6 Å². The number of hydrogen-bond acceptors (Lipinski definition) is 2. The molecule has 1 spiro atoms. The molecule has 62 valence electrons. The standard InChI is InChI=1S/C9H15NO/c1-2-6-10-9(3-1)4-7-11-8-5-9/h1-2,10H,3-8H2. The highest BCUT2D eigenvalue weighted by molar-refractivity contribution is 5.04. The topological polar surface area (TPSA) is 21.3 Å². The van der Waals surface area contributed by atoms with E-state index >= 15 is 0 Å². The Bertz CT molecular complexity index is 159. The Kier molecular flexibility index (Phi) is 1.96. The molecule has 2 heterocycles. The van der Waals surface area contributed by atoms with E-state index in [9.17, 15) is 0 Å². The maximum absolute atomic E-state index is 5.33. The summed E-state index contributed by atoms with van der Waals surface area (Å²) >= 11 is 0. The predicted molar refractivity (Wildman–Crippen MR) is 44.5 cm³/mol. The molecule has 2 rings (SSSR count). The van der Waals surface area contributed by atoms with Crippen LogP contribution in [0.4, 0.5) is 0 Å². The van der Waals surface area contributed by atoms with Gasteiger partial charge in [0.05, 0.1) is 0 Å². The zero-order chi connectivity index (χ0) is 7.57. The molecule has 0 aromatic rings. The van der Waals surface area contributed by atoms with Crippen LogP contribution in [0.2, 0.25) is 0 Å². The minimum absolute atomic E-state index is 0.396. The molecule has 0 saturated carbocycles. The lowest BCUT2D eigenvalue weighted by atomic mass is 9.85. The highest BCUT2D eigenvalue weighted by Gasteiger charge is 2.31. The summed E-state index contributed by atoms with van der Waals surface area (Å²) in [4.78, 5) is 0. The third-order valence-electron chi connectivity index (χ3n) is 2.72. The van der Waals surface area contributed by atoms with E-state index < -0.39 is 0 Å². The Morgan fingerprint density at radius 1 is 1.18 bits per heavy atom. The summed E-state index contributed by atoms with van der Waals surface area (Å²) in [5, 5.41) is 3.57. The average molecular weight is 153 g/mol. The molecule has 1 saturated heterocycles. The number of hydrogen-bond donors (Lipinski definition) is 1. The van der Waals surface area contributed by atoms with Crippen molar-refractivity contribution in [3.63, 3.8) is 0 Å². The fourth-order valence-electron chi connectivity index (χ4n) is 1.88. The molecular formula is C9H15NO. The van der Waals surface area contributed by atoms with Gasteiger partial charge < -0.3 is 10.1 Å². The summed E-state index contributed by atoms with van der Waals surface area (Å²) in [6, 6.07) is 0. The van der Waals surface area contributed by atoms with Crippen molar-refractivity contribution in [3.05, 3.63) is 12.2 Å². The molecule has 11 heavy (non-hydrogen) atoms. The molecule has 0 amide bonds. The van der Waals surface area contributed by atoms with E-state index in [1.807, 2.05) is 0 Å². The maximum atomic E-state index is 5.33. The van der Waals surface area contributed by atoms with Gasteiger partial charge >= 0.3 is 0 Å². The van der Waals surface area contributed by atoms with Gasteiger partial charge in [-0.15, -0.1) is 0 Å². The lowest BCUT2D eigenvalue weighted by molar-refractivity contribution is 0.0391. The Morgan fingerprint density at radius 3 is 2.64 bits per heavy atom. The van der Waals surface area contributed by atoms with Crippen molar-refractivity contribution in [2.75, 3.05) is 19.8 Å². The molecule has 0 atom stereocenters. The summed E-state index contributed by atoms with van der Waals surface area (Å²) < 4.78 is 5.33. The Morgan fingerprint density at radius 2 is 2.00 bits per heavy atom. The quantitative estimate of drug-likeness (QED) is 0.526. The van der Waals surface area contributed by atoms with Crippen molar-refractivity contribution < 1.29 is 4.74 Å². The zero-order valence-electron chi connectivity index (χ0n) is 6.81. The van der Waals surface area contributed by atoms with E-state index in [4.69, 9.17) is 4.74 Å². The largest absolute Gasteiger partial charge is 0.381 e. The molecule has 2 nitrogen and oxygen atoms in total. The van der Waals surface area contributed by atoms with E-state index in [-0.39, 0.29) is 0 Å². The van der Waals surface area contributed by atoms with Crippen LogP contribution < -0.4 is 5.32 Å². The second-order valence-electron chi connectivity index (χ2n) is 3.45. The van der Waals surface area contributed by atoms with Crippen molar-refractivity contribution in [2.24, 2.45) is 0 Å². The van der Waals surface area contributed by atoms with Crippen molar-refractivity contribution >= 4 is 0 Å². The van der Waals surface area contributed by atoms with Crippen molar-refractivity contribution in [1.82, 2.24) is 5.32 Å². The van der Waals surface area contributed by atoms with Crippen LogP contribution in [0.25, 0.3) is 0 Å². The smallest absolute Gasteiger partial charge is 0.0483 e. The second-order valence-corrected chi connectivity index (χ2v) is 3.45. The maximum Gasteiger partial charge on any atom is 0.0483 e. The highest BCUT2D eigenvalue weighted by Crippen LogP contribution is 2.26. The molecule has 0 bridgehead atoms.